The van der Waals surface area contributed by atoms with Crippen molar-refractivity contribution in [1.29, 1.82) is 0 Å². The fourth-order valence-corrected chi connectivity index (χ4v) is 1.90. The third-order valence-electron chi connectivity index (χ3n) is 2.31. The first kappa shape index (κ1) is 10.2. The van der Waals surface area contributed by atoms with Crippen molar-refractivity contribution in [2.45, 2.75) is 6.92 Å². The number of benzene rings is 1. The number of hydrogen-bond donors (Lipinski definition) is 1. The summed E-state index contributed by atoms with van der Waals surface area (Å²) < 4.78 is 2.70. The highest BCUT2D eigenvalue weighted by atomic mass is 79.9. The Hall–Kier alpha value is -1.29. The van der Waals surface area contributed by atoms with Crippen LogP contribution in [0.3, 0.4) is 0 Å². The van der Waals surface area contributed by atoms with E-state index in [0.29, 0.717) is 5.82 Å². The van der Waals surface area contributed by atoms with E-state index in [1.54, 1.807) is 4.68 Å². The van der Waals surface area contributed by atoms with E-state index >= 15 is 0 Å². The number of anilines is 1. The zero-order chi connectivity index (χ0) is 11.0. The summed E-state index contributed by atoms with van der Waals surface area (Å²) >= 11 is 3.51. The van der Waals surface area contributed by atoms with Crippen LogP contribution in [0.25, 0.3) is 11.3 Å². The monoisotopic (exact) mass is 265 g/mol. The summed E-state index contributed by atoms with van der Waals surface area (Å²) in [7, 11) is 1.84. The molecule has 3 nitrogen and oxygen atoms in total. The molecule has 0 bridgehead atoms. The number of nitrogen functional groups attached to an aromatic ring is 1. The molecule has 0 amide bonds. The van der Waals surface area contributed by atoms with Gasteiger partial charge >= 0.3 is 0 Å². The van der Waals surface area contributed by atoms with Crippen molar-refractivity contribution in [3.8, 4) is 11.3 Å². The van der Waals surface area contributed by atoms with E-state index in [1.165, 1.54) is 5.56 Å². The zero-order valence-corrected chi connectivity index (χ0v) is 10.2. The van der Waals surface area contributed by atoms with Crippen LogP contribution in [-0.4, -0.2) is 9.78 Å². The highest BCUT2D eigenvalue weighted by Crippen LogP contribution is 2.28. The Bertz CT molecular complexity index is 483. The van der Waals surface area contributed by atoms with E-state index in [-0.39, 0.29) is 0 Å². The van der Waals surface area contributed by atoms with Gasteiger partial charge in [-0.25, -0.2) is 0 Å². The molecule has 0 saturated heterocycles. The number of halogens is 1. The molecule has 0 unspecified atom stereocenters. The van der Waals surface area contributed by atoms with Crippen LogP contribution in [0.1, 0.15) is 5.56 Å². The molecule has 15 heavy (non-hydrogen) atoms. The Morgan fingerprint density at radius 3 is 2.67 bits per heavy atom. The lowest BCUT2D eigenvalue weighted by molar-refractivity contribution is 0.782. The summed E-state index contributed by atoms with van der Waals surface area (Å²) in [5.41, 5.74) is 8.92. The molecule has 2 N–H and O–H groups in total. The normalized spacial score (nSPS) is 10.6. The maximum Gasteiger partial charge on any atom is 0.121 e. The SMILES string of the molecule is Cc1ccc(Br)c(-c2cc(N)n(C)n2)c1. The van der Waals surface area contributed by atoms with Crippen LogP contribution in [0.2, 0.25) is 0 Å². The van der Waals surface area contributed by atoms with Crippen molar-refractivity contribution in [2.24, 2.45) is 7.05 Å². The van der Waals surface area contributed by atoms with Gasteiger partial charge in [-0.2, -0.15) is 5.10 Å². The maximum absolute atomic E-state index is 5.75. The van der Waals surface area contributed by atoms with Crippen molar-refractivity contribution >= 4 is 21.7 Å². The summed E-state index contributed by atoms with van der Waals surface area (Å²) in [5.74, 6) is 0.665. The van der Waals surface area contributed by atoms with E-state index in [2.05, 4.69) is 40.1 Å². The van der Waals surface area contributed by atoms with E-state index in [9.17, 15) is 0 Å². The molecule has 1 heterocycles. The van der Waals surface area contributed by atoms with Crippen LogP contribution >= 0.6 is 15.9 Å². The van der Waals surface area contributed by atoms with E-state index in [4.69, 9.17) is 5.73 Å². The van der Waals surface area contributed by atoms with Crippen LogP contribution in [0, 0.1) is 6.92 Å². The fourth-order valence-electron chi connectivity index (χ4n) is 1.45. The lowest BCUT2D eigenvalue weighted by atomic mass is 10.1. The third-order valence-corrected chi connectivity index (χ3v) is 3.01. The van der Waals surface area contributed by atoms with Gasteiger partial charge in [0.2, 0.25) is 0 Å². The molecule has 0 aliphatic carbocycles. The predicted molar refractivity (Wildman–Crippen MR) is 65.5 cm³/mol. The zero-order valence-electron chi connectivity index (χ0n) is 8.66. The Kier molecular flexibility index (Phi) is 2.52. The van der Waals surface area contributed by atoms with Gasteiger partial charge in [-0.3, -0.25) is 4.68 Å². The summed E-state index contributed by atoms with van der Waals surface area (Å²) in [6, 6.07) is 8.04. The Morgan fingerprint density at radius 1 is 1.33 bits per heavy atom. The molecular weight excluding hydrogens is 254 g/mol. The Labute approximate surface area is 97.0 Å². The topological polar surface area (TPSA) is 43.8 Å². The number of aromatic nitrogens is 2. The molecule has 0 aliphatic rings. The van der Waals surface area contributed by atoms with Gasteiger partial charge in [0.05, 0.1) is 5.69 Å². The second-order valence-electron chi connectivity index (χ2n) is 3.56. The molecule has 0 aliphatic heterocycles. The average Bonchev–Trinajstić information content (AvgIpc) is 2.51. The first-order valence-electron chi connectivity index (χ1n) is 4.64. The first-order chi connectivity index (χ1) is 7.08. The summed E-state index contributed by atoms with van der Waals surface area (Å²) in [4.78, 5) is 0. The van der Waals surface area contributed by atoms with Gasteiger partial charge < -0.3 is 5.73 Å². The Morgan fingerprint density at radius 2 is 2.07 bits per heavy atom. The van der Waals surface area contributed by atoms with Crippen LogP contribution in [-0.2, 0) is 7.05 Å². The van der Waals surface area contributed by atoms with Gasteiger partial charge in [-0.1, -0.05) is 27.6 Å². The molecule has 0 radical (unpaired) electrons. The van der Waals surface area contributed by atoms with E-state index in [1.807, 2.05) is 19.2 Å². The molecule has 0 fully saturated rings. The van der Waals surface area contributed by atoms with E-state index in [0.717, 1.165) is 15.7 Å². The number of hydrogen-bond acceptors (Lipinski definition) is 2. The average molecular weight is 266 g/mol. The molecule has 2 rings (SSSR count). The van der Waals surface area contributed by atoms with Gasteiger partial charge in [-0.15, -0.1) is 0 Å². The van der Waals surface area contributed by atoms with Crippen LogP contribution in [0.4, 0.5) is 5.82 Å². The van der Waals surface area contributed by atoms with Crippen LogP contribution in [0.5, 0.6) is 0 Å². The lowest BCUT2D eigenvalue weighted by Gasteiger charge is -2.01. The summed E-state index contributed by atoms with van der Waals surface area (Å²) in [6.07, 6.45) is 0. The minimum absolute atomic E-state index is 0.665. The van der Waals surface area contributed by atoms with Crippen molar-refractivity contribution < 1.29 is 0 Å². The third kappa shape index (κ3) is 1.90. The quantitative estimate of drug-likeness (QED) is 0.862. The standard InChI is InChI=1S/C11H12BrN3/c1-7-3-4-9(12)8(5-7)10-6-11(13)15(2)14-10/h3-6H,13H2,1-2H3. The molecule has 2 aromatic rings. The van der Waals surface area contributed by atoms with Gasteiger partial charge in [0, 0.05) is 23.2 Å². The fraction of sp³-hybridized carbons (Fsp3) is 0.182. The van der Waals surface area contributed by atoms with Crippen LogP contribution < -0.4 is 5.73 Å². The molecule has 0 spiro atoms. The van der Waals surface area contributed by atoms with Crippen molar-refractivity contribution in [1.82, 2.24) is 9.78 Å². The predicted octanol–water partition coefficient (Wildman–Crippen LogP) is 2.74. The molecule has 78 valence electrons. The minimum Gasteiger partial charge on any atom is -0.384 e. The highest BCUT2D eigenvalue weighted by Gasteiger charge is 2.08. The molecule has 4 heteroatoms. The first-order valence-corrected chi connectivity index (χ1v) is 5.43. The number of aryl methyl sites for hydroxylation is 2. The minimum atomic E-state index is 0.665. The van der Waals surface area contributed by atoms with Gasteiger partial charge in [0.15, 0.2) is 0 Å². The van der Waals surface area contributed by atoms with Crippen molar-refractivity contribution in [3.63, 3.8) is 0 Å². The highest BCUT2D eigenvalue weighted by molar-refractivity contribution is 9.10. The number of nitrogens with zero attached hydrogens (tertiary/aromatic N) is 2. The second-order valence-corrected chi connectivity index (χ2v) is 4.42. The molecule has 1 aromatic carbocycles. The summed E-state index contributed by atoms with van der Waals surface area (Å²) in [6.45, 7) is 2.06. The second kappa shape index (κ2) is 3.70. The molecule has 0 saturated carbocycles. The smallest absolute Gasteiger partial charge is 0.121 e. The lowest BCUT2D eigenvalue weighted by Crippen LogP contribution is -1.96. The molecule has 0 atom stereocenters. The largest absolute Gasteiger partial charge is 0.384 e. The van der Waals surface area contributed by atoms with Gasteiger partial charge in [0.1, 0.15) is 5.82 Å². The van der Waals surface area contributed by atoms with Crippen LogP contribution in [0.15, 0.2) is 28.7 Å². The van der Waals surface area contributed by atoms with Crippen molar-refractivity contribution in [3.05, 3.63) is 34.3 Å². The summed E-state index contributed by atoms with van der Waals surface area (Å²) in [5, 5.41) is 4.34. The van der Waals surface area contributed by atoms with Crippen molar-refractivity contribution in [2.75, 3.05) is 5.73 Å². The Balaban J connectivity index is 2.58. The number of rotatable bonds is 1. The van der Waals surface area contributed by atoms with Gasteiger partial charge in [0.25, 0.3) is 0 Å². The van der Waals surface area contributed by atoms with Gasteiger partial charge in [-0.05, 0) is 19.1 Å². The number of nitrogens with two attached hydrogens (primary N) is 1. The molecule has 1 aromatic heterocycles. The molecular formula is C11H12BrN3. The maximum atomic E-state index is 5.75. The van der Waals surface area contributed by atoms with E-state index < -0.39 is 0 Å².